The molecule has 63 valence electrons. The summed E-state index contributed by atoms with van der Waals surface area (Å²) in [4.78, 5) is 0. The third-order valence-electron chi connectivity index (χ3n) is 1.53. The van der Waals surface area contributed by atoms with Crippen LogP contribution in [0.15, 0.2) is 12.1 Å². The minimum Gasteiger partial charge on any atom is -0.0827 e. The van der Waals surface area contributed by atoms with Gasteiger partial charge < -0.3 is 0 Å². The van der Waals surface area contributed by atoms with Crippen molar-refractivity contribution in [2.75, 3.05) is 0 Å². The fourth-order valence-corrected chi connectivity index (χ4v) is 1.91. The molecule has 0 N–H and O–H groups in total. The summed E-state index contributed by atoms with van der Waals surface area (Å²) in [5, 5.41) is 1.42. The zero-order chi connectivity index (χ0) is 9.30. The molecule has 0 saturated carbocycles. The SMILES string of the molecule is CC([Si])c1ccc(Cl)c(Cl)c1Cl. The van der Waals surface area contributed by atoms with E-state index in [-0.39, 0.29) is 5.54 Å². The van der Waals surface area contributed by atoms with Crippen molar-refractivity contribution in [3.8, 4) is 0 Å². The Morgan fingerprint density at radius 3 is 2.25 bits per heavy atom. The standard InChI is InChI=1S/C8H6Cl3Si/c1-4(12)5-2-3-6(9)8(11)7(5)10/h2-4H,1H3. The smallest absolute Gasteiger partial charge is 0.0781 e. The molecule has 1 aromatic rings. The summed E-state index contributed by atoms with van der Waals surface area (Å²) < 4.78 is 0. The van der Waals surface area contributed by atoms with E-state index >= 15 is 0 Å². The lowest BCUT2D eigenvalue weighted by molar-refractivity contribution is 1.08. The first-order valence-electron chi connectivity index (χ1n) is 3.38. The molecule has 0 heterocycles. The van der Waals surface area contributed by atoms with Crippen LogP contribution in [0.5, 0.6) is 0 Å². The molecule has 0 saturated heterocycles. The number of halogens is 3. The first-order valence-corrected chi connectivity index (χ1v) is 5.09. The summed E-state index contributed by atoms with van der Waals surface area (Å²) in [7, 11) is 3.46. The molecule has 0 aliphatic rings. The van der Waals surface area contributed by atoms with Crippen molar-refractivity contribution in [1.29, 1.82) is 0 Å². The Bertz CT molecular complexity index is 297. The van der Waals surface area contributed by atoms with E-state index in [0.29, 0.717) is 15.1 Å². The summed E-state index contributed by atoms with van der Waals surface area (Å²) in [6.07, 6.45) is 0. The van der Waals surface area contributed by atoms with E-state index in [1.54, 1.807) is 6.07 Å². The monoisotopic (exact) mass is 235 g/mol. The van der Waals surface area contributed by atoms with Crippen LogP contribution in [0.3, 0.4) is 0 Å². The normalized spacial score (nSPS) is 13.1. The molecule has 1 rings (SSSR count). The Hall–Kier alpha value is 0.307. The quantitative estimate of drug-likeness (QED) is 0.513. The maximum atomic E-state index is 5.95. The van der Waals surface area contributed by atoms with Crippen LogP contribution in [-0.4, -0.2) is 10.2 Å². The Morgan fingerprint density at radius 2 is 1.75 bits per heavy atom. The zero-order valence-corrected chi connectivity index (χ0v) is 9.63. The molecule has 0 nitrogen and oxygen atoms in total. The average molecular weight is 237 g/mol. The van der Waals surface area contributed by atoms with E-state index < -0.39 is 0 Å². The number of hydrogen-bond donors (Lipinski definition) is 0. The fourth-order valence-electron chi connectivity index (χ4n) is 0.875. The highest BCUT2D eigenvalue weighted by atomic mass is 35.5. The van der Waals surface area contributed by atoms with Gasteiger partial charge in [-0.25, -0.2) is 0 Å². The minimum atomic E-state index is 0.173. The highest BCUT2D eigenvalue weighted by molar-refractivity contribution is 6.48. The van der Waals surface area contributed by atoms with Crippen LogP contribution in [0.4, 0.5) is 0 Å². The first kappa shape index (κ1) is 10.4. The Kier molecular flexibility index (Phi) is 3.47. The topological polar surface area (TPSA) is 0 Å². The lowest BCUT2D eigenvalue weighted by Crippen LogP contribution is -1.93. The maximum absolute atomic E-state index is 5.95. The van der Waals surface area contributed by atoms with Gasteiger partial charge in [-0.05, 0) is 17.2 Å². The summed E-state index contributed by atoms with van der Waals surface area (Å²) in [5.74, 6) is 0. The summed E-state index contributed by atoms with van der Waals surface area (Å²) in [6.45, 7) is 1.97. The van der Waals surface area contributed by atoms with Crippen LogP contribution >= 0.6 is 34.8 Å². The number of hydrogen-bond acceptors (Lipinski definition) is 0. The lowest BCUT2D eigenvalue weighted by atomic mass is 10.2. The molecule has 0 amide bonds. The molecule has 1 atom stereocenters. The first-order chi connectivity index (χ1) is 5.54. The van der Waals surface area contributed by atoms with Crippen LogP contribution in [0.2, 0.25) is 15.1 Å². The molecule has 0 aliphatic carbocycles. The van der Waals surface area contributed by atoms with Gasteiger partial charge in [0.05, 0.1) is 15.1 Å². The zero-order valence-electron chi connectivity index (χ0n) is 6.37. The van der Waals surface area contributed by atoms with Gasteiger partial charge in [0.15, 0.2) is 0 Å². The molecular formula is C8H6Cl3Si. The van der Waals surface area contributed by atoms with Crippen LogP contribution in [0.1, 0.15) is 18.0 Å². The molecular weight excluding hydrogens is 231 g/mol. The van der Waals surface area contributed by atoms with Crippen molar-refractivity contribution >= 4 is 45.0 Å². The van der Waals surface area contributed by atoms with Gasteiger partial charge in [-0.3, -0.25) is 0 Å². The third-order valence-corrected chi connectivity index (χ3v) is 3.15. The van der Waals surface area contributed by atoms with E-state index in [1.807, 2.05) is 13.0 Å². The highest BCUT2D eigenvalue weighted by Crippen LogP contribution is 2.34. The third kappa shape index (κ3) is 1.97. The molecule has 0 aromatic heterocycles. The van der Waals surface area contributed by atoms with E-state index in [4.69, 9.17) is 34.8 Å². The lowest BCUT2D eigenvalue weighted by Gasteiger charge is -2.09. The predicted octanol–water partition coefficient (Wildman–Crippen LogP) is 3.88. The fraction of sp³-hybridized carbons (Fsp3) is 0.250. The molecule has 3 radical (unpaired) electrons. The van der Waals surface area contributed by atoms with E-state index in [9.17, 15) is 0 Å². The molecule has 0 aliphatic heterocycles. The average Bonchev–Trinajstić information content (AvgIpc) is 2.00. The summed E-state index contributed by atoms with van der Waals surface area (Å²) >= 11 is 17.5. The van der Waals surface area contributed by atoms with Crippen LogP contribution < -0.4 is 0 Å². The van der Waals surface area contributed by atoms with Crippen molar-refractivity contribution in [1.82, 2.24) is 0 Å². The van der Waals surface area contributed by atoms with E-state index in [2.05, 4.69) is 10.2 Å². The van der Waals surface area contributed by atoms with Gasteiger partial charge in [0.1, 0.15) is 0 Å². The van der Waals surface area contributed by atoms with Gasteiger partial charge in [0.25, 0.3) is 0 Å². The maximum Gasteiger partial charge on any atom is 0.0781 e. The number of rotatable bonds is 1. The largest absolute Gasteiger partial charge is 0.0827 e. The highest BCUT2D eigenvalue weighted by Gasteiger charge is 2.10. The molecule has 1 unspecified atom stereocenters. The van der Waals surface area contributed by atoms with Crippen LogP contribution in [0.25, 0.3) is 0 Å². The van der Waals surface area contributed by atoms with Gasteiger partial charge in [-0.1, -0.05) is 47.8 Å². The van der Waals surface area contributed by atoms with E-state index in [0.717, 1.165) is 5.56 Å². The van der Waals surface area contributed by atoms with Gasteiger partial charge in [0.2, 0.25) is 0 Å². The van der Waals surface area contributed by atoms with Crippen LogP contribution in [0, 0.1) is 0 Å². The van der Waals surface area contributed by atoms with Crippen molar-refractivity contribution in [2.24, 2.45) is 0 Å². The summed E-state index contributed by atoms with van der Waals surface area (Å²) in [5.41, 5.74) is 1.12. The van der Waals surface area contributed by atoms with Gasteiger partial charge >= 0.3 is 0 Å². The second-order valence-electron chi connectivity index (χ2n) is 2.49. The van der Waals surface area contributed by atoms with Crippen molar-refractivity contribution in [3.63, 3.8) is 0 Å². The van der Waals surface area contributed by atoms with Gasteiger partial charge in [-0.15, -0.1) is 0 Å². The van der Waals surface area contributed by atoms with Crippen molar-refractivity contribution in [2.45, 2.75) is 12.5 Å². The van der Waals surface area contributed by atoms with Gasteiger partial charge in [0, 0.05) is 10.2 Å². The number of benzene rings is 1. The van der Waals surface area contributed by atoms with Crippen molar-refractivity contribution < 1.29 is 0 Å². The Morgan fingerprint density at radius 1 is 1.17 bits per heavy atom. The van der Waals surface area contributed by atoms with Crippen molar-refractivity contribution in [3.05, 3.63) is 32.8 Å². The molecule has 1 aromatic carbocycles. The predicted molar refractivity (Wildman–Crippen MR) is 55.6 cm³/mol. The van der Waals surface area contributed by atoms with Crippen LogP contribution in [-0.2, 0) is 0 Å². The van der Waals surface area contributed by atoms with E-state index in [1.165, 1.54) is 0 Å². The molecule has 0 bridgehead atoms. The Labute approximate surface area is 90.2 Å². The molecule has 12 heavy (non-hydrogen) atoms. The minimum absolute atomic E-state index is 0.173. The Balaban J connectivity index is 3.27. The molecule has 4 heteroatoms. The second kappa shape index (κ2) is 4.01. The van der Waals surface area contributed by atoms with Gasteiger partial charge in [-0.2, -0.15) is 0 Å². The molecule has 0 fully saturated rings. The molecule has 0 spiro atoms. The second-order valence-corrected chi connectivity index (χ2v) is 4.52. The summed E-state index contributed by atoms with van der Waals surface area (Å²) in [6, 6.07) is 3.59.